The Morgan fingerprint density at radius 2 is 1.64 bits per heavy atom. The van der Waals surface area contributed by atoms with Gasteiger partial charge >= 0.3 is 0 Å². The molecule has 110 valence electrons. The van der Waals surface area contributed by atoms with Crippen molar-refractivity contribution in [3.05, 3.63) is 81.2 Å². The standard InChI is InChI=1S/C19H16BrNO/c1-13-6-3-4-9-16(13)18-12-21(2)11-17(19(18)22)14-7-5-8-15(20)10-14/h3-12H,1-2H3. The molecule has 3 aromatic rings. The third kappa shape index (κ3) is 2.77. The lowest BCUT2D eigenvalue weighted by Crippen LogP contribution is -2.12. The van der Waals surface area contributed by atoms with Crippen LogP contribution in [-0.4, -0.2) is 4.57 Å². The van der Waals surface area contributed by atoms with Crippen LogP contribution in [0.1, 0.15) is 5.56 Å². The van der Waals surface area contributed by atoms with Gasteiger partial charge in [-0.15, -0.1) is 0 Å². The molecule has 1 heterocycles. The molecule has 3 heteroatoms. The normalized spacial score (nSPS) is 10.7. The van der Waals surface area contributed by atoms with Crippen LogP contribution in [0.25, 0.3) is 22.3 Å². The van der Waals surface area contributed by atoms with Crippen LogP contribution < -0.4 is 5.43 Å². The maximum Gasteiger partial charge on any atom is 0.197 e. The lowest BCUT2D eigenvalue weighted by molar-refractivity contribution is 0.904. The predicted octanol–water partition coefficient (Wildman–Crippen LogP) is 4.79. The van der Waals surface area contributed by atoms with Crippen molar-refractivity contribution in [1.82, 2.24) is 4.57 Å². The molecule has 3 rings (SSSR count). The van der Waals surface area contributed by atoms with Gasteiger partial charge < -0.3 is 4.57 Å². The molecular formula is C19H16BrNO. The van der Waals surface area contributed by atoms with Gasteiger partial charge in [0.15, 0.2) is 5.43 Å². The van der Waals surface area contributed by atoms with Crippen LogP contribution in [0.3, 0.4) is 0 Å². The molecule has 1 aromatic heterocycles. The van der Waals surface area contributed by atoms with Crippen molar-refractivity contribution in [3.8, 4) is 22.3 Å². The highest BCUT2D eigenvalue weighted by molar-refractivity contribution is 9.10. The molecule has 0 N–H and O–H groups in total. The van der Waals surface area contributed by atoms with Gasteiger partial charge in [0.2, 0.25) is 0 Å². The minimum absolute atomic E-state index is 0.0606. The highest BCUT2D eigenvalue weighted by atomic mass is 79.9. The first-order chi connectivity index (χ1) is 10.6. The quantitative estimate of drug-likeness (QED) is 0.649. The molecule has 0 fully saturated rings. The van der Waals surface area contributed by atoms with Gasteiger partial charge in [-0.1, -0.05) is 52.3 Å². The summed E-state index contributed by atoms with van der Waals surface area (Å²) in [6.45, 7) is 2.03. The van der Waals surface area contributed by atoms with Gasteiger partial charge in [0.05, 0.1) is 0 Å². The van der Waals surface area contributed by atoms with Crippen LogP contribution in [0.15, 0.2) is 70.2 Å². The van der Waals surface area contributed by atoms with Crippen molar-refractivity contribution in [1.29, 1.82) is 0 Å². The molecule has 0 spiro atoms. The molecule has 0 bridgehead atoms. The van der Waals surface area contributed by atoms with Crippen LogP contribution in [0.4, 0.5) is 0 Å². The van der Waals surface area contributed by atoms with E-state index in [-0.39, 0.29) is 5.43 Å². The molecule has 0 unspecified atom stereocenters. The summed E-state index contributed by atoms with van der Waals surface area (Å²) in [6, 6.07) is 15.8. The molecular weight excluding hydrogens is 338 g/mol. The Balaban J connectivity index is 2.27. The zero-order chi connectivity index (χ0) is 15.7. The molecule has 0 aliphatic heterocycles. The number of pyridine rings is 1. The number of rotatable bonds is 2. The van der Waals surface area contributed by atoms with Crippen LogP contribution in [-0.2, 0) is 7.05 Å². The van der Waals surface area contributed by atoms with E-state index in [2.05, 4.69) is 15.9 Å². The topological polar surface area (TPSA) is 22.0 Å². The Hall–Kier alpha value is -2.13. The van der Waals surface area contributed by atoms with Crippen LogP contribution >= 0.6 is 15.9 Å². The van der Waals surface area contributed by atoms with Gasteiger partial charge in [-0.05, 0) is 35.7 Å². The first-order valence-electron chi connectivity index (χ1n) is 7.08. The average molecular weight is 354 g/mol. The summed E-state index contributed by atoms with van der Waals surface area (Å²) in [5.74, 6) is 0. The van der Waals surface area contributed by atoms with Gasteiger partial charge in [0.1, 0.15) is 0 Å². The summed E-state index contributed by atoms with van der Waals surface area (Å²) >= 11 is 3.47. The van der Waals surface area contributed by atoms with Crippen LogP contribution in [0.5, 0.6) is 0 Å². The molecule has 22 heavy (non-hydrogen) atoms. The van der Waals surface area contributed by atoms with Gasteiger partial charge in [-0.2, -0.15) is 0 Å². The Morgan fingerprint density at radius 1 is 0.909 bits per heavy atom. The number of halogens is 1. The summed E-state index contributed by atoms with van der Waals surface area (Å²) < 4.78 is 2.91. The number of aryl methyl sites for hydroxylation is 2. The summed E-state index contributed by atoms with van der Waals surface area (Å²) in [5.41, 5.74) is 4.52. The Morgan fingerprint density at radius 3 is 2.36 bits per heavy atom. The molecule has 2 aromatic carbocycles. The number of benzene rings is 2. The van der Waals surface area contributed by atoms with E-state index in [0.29, 0.717) is 5.56 Å². The van der Waals surface area contributed by atoms with Crippen molar-refractivity contribution in [2.45, 2.75) is 6.92 Å². The number of nitrogens with zero attached hydrogens (tertiary/aromatic N) is 1. The number of hydrogen-bond donors (Lipinski definition) is 0. The third-order valence-corrected chi connectivity index (χ3v) is 4.22. The van der Waals surface area contributed by atoms with Crippen molar-refractivity contribution >= 4 is 15.9 Å². The van der Waals surface area contributed by atoms with E-state index in [1.165, 1.54) is 0 Å². The van der Waals surface area contributed by atoms with E-state index in [1.54, 1.807) is 0 Å². The molecule has 0 saturated heterocycles. The molecule has 0 radical (unpaired) electrons. The maximum absolute atomic E-state index is 13.0. The van der Waals surface area contributed by atoms with Gasteiger partial charge in [-0.25, -0.2) is 0 Å². The van der Waals surface area contributed by atoms with Gasteiger partial charge in [-0.3, -0.25) is 4.79 Å². The highest BCUT2D eigenvalue weighted by Gasteiger charge is 2.12. The van der Waals surface area contributed by atoms with E-state index < -0.39 is 0 Å². The Kier molecular flexibility index (Phi) is 3.99. The largest absolute Gasteiger partial charge is 0.356 e. The number of hydrogen-bond acceptors (Lipinski definition) is 1. The van der Waals surface area contributed by atoms with E-state index in [4.69, 9.17) is 0 Å². The van der Waals surface area contributed by atoms with Crippen molar-refractivity contribution in [2.24, 2.45) is 7.05 Å². The fraction of sp³-hybridized carbons (Fsp3) is 0.105. The Labute approximate surface area is 138 Å². The predicted molar refractivity (Wildman–Crippen MR) is 95.0 cm³/mol. The van der Waals surface area contributed by atoms with Gasteiger partial charge in [0.25, 0.3) is 0 Å². The SMILES string of the molecule is Cc1ccccc1-c1cn(C)cc(-c2cccc(Br)c2)c1=O. The molecule has 0 amide bonds. The smallest absolute Gasteiger partial charge is 0.197 e. The minimum Gasteiger partial charge on any atom is -0.356 e. The second-order valence-corrected chi connectivity index (χ2v) is 6.32. The first-order valence-corrected chi connectivity index (χ1v) is 7.88. The van der Waals surface area contributed by atoms with E-state index >= 15 is 0 Å². The zero-order valence-electron chi connectivity index (χ0n) is 12.5. The third-order valence-electron chi connectivity index (χ3n) is 3.73. The molecule has 0 saturated carbocycles. The molecule has 2 nitrogen and oxygen atoms in total. The monoisotopic (exact) mass is 353 g/mol. The fourth-order valence-electron chi connectivity index (χ4n) is 2.64. The van der Waals surface area contributed by atoms with Crippen LogP contribution in [0.2, 0.25) is 0 Å². The van der Waals surface area contributed by atoms with Crippen LogP contribution in [0, 0.1) is 6.92 Å². The summed E-state index contributed by atoms with van der Waals surface area (Å²) in [4.78, 5) is 13.0. The lowest BCUT2D eigenvalue weighted by atomic mass is 9.98. The summed E-state index contributed by atoms with van der Waals surface area (Å²) in [7, 11) is 1.95. The first kappa shape index (κ1) is 14.8. The molecule has 0 atom stereocenters. The zero-order valence-corrected chi connectivity index (χ0v) is 14.1. The van der Waals surface area contributed by atoms with E-state index in [0.717, 1.165) is 26.7 Å². The Bertz CT molecular complexity index is 896. The van der Waals surface area contributed by atoms with E-state index in [9.17, 15) is 4.79 Å². The average Bonchev–Trinajstić information content (AvgIpc) is 2.50. The van der Waals surface area contributed by atoms with E-state index in [1.807, 2.05) is 79.5 Å². The second kappa shape index (κ2) is 5.93. The highest BCUT2D eigenvalue weighted by Crippen LogP contribution is 2.25. The van der Waals surface area contributed by atoms with Crippen molar-refractivity contribution in [3.63, 3.8) is 0 Å². The number of aromatic nitrogens is 1. The summed E-state index contributed by atoms with van der Waals surface area (Å²) in [6.07, 6.45) is 3.78. The lowest BCUT2D eigenvalue weighted by Gasteiger charge is -2.11. The van der Waals surface area contributed by atoms with Gasteiger partial charge in [0, 0.05) is 35.0 Å². The fourth-order valence-corrected chi connectivity index (χ4v) is 3.03. The second-order valence-electron chi connectivity index (χ2n) is 5.41. The van der Waals surface area contributed by atoms with Crippen molar-refractivity contribution in [2.75, 3.05) is 0 Å². The van der Waals surface area contributed by atoms with Crippen molar-refractivity contribution < 1.29 is 0 Å². The molecule has 0 aliphatic carbocycles. The summed E-state index contributed by atoms with van der Waals surface area (Å²) in [5, 5.41) is 0. The minimum atomic E-state index is 0.0606. The molecule has 0 aliphatic rings. The maximum atomic E-state index is 13.0.